The first kappa shape index (κ1) is 13.7. The molecular formula is C13H19BrN2O2. The van der Waals surface area contributed by atoms with Gasteiger partial charge in [0.25, 0.3) is 0 Å². The van der Waals surface area contributed by atoms with E-state index in [1.165, 1.54) is 0 Å². The van der Waals surface area contributed by atoms with Gasteiger partial charge in [-0.3, -0.25) is 9.48 Å². The number of rotatable bonds is 6. The van der Waals surface area contributed by atoms with Crippen LogP contribution in [0.25, 0.3) is 0 Å². The van der Waals surface area contributed by atoms with E-state index in [1.807, 2.05) is 0 Å². The van der Waals surface area contributed by atoms with Crippen LogP contribution in [0.5, 0.6) is 0 Å². The molecule has 0 unspecified atom stereocenters. The summed E-state index contributed by atoms with van der Waals surface area (Å²) in [6, 6.07) is 0. The number of Topliss-reactive ketones (excluding diaryl/α,β-unsaturated/α-hetero) is 1. The van der Waals surface area contributed by atoms with Gasteiger partial charge in [-0.05, 0) is 41.6 Å². The fraction of sp³-hybridized carbons (Fsp3) is 0.692. The van der Waals surface area contributed by atoms with Crippen molar-refractivity contribution < 1.29 is 9.53 Å². The fourth-order valence-corrected chi connectivity index (χ4v) is 2.94. The molecule has 100 valence electrons. The van der Waals surface area contributed by atoms with Gasteiger partial charge in [0.05, 0.1) is 16.3 Å². The molecule has 1 saturated carbocycles. The van der Waals surface area contributed by atoms with Gasteiger partial charge >= 0.3 is 0 Å². The van der Waals surface area contributed by atoms with Crippen molar-refractivity contribution in [2.75, 3.05) is 7.11 Å². The topological polar surface area (TPSA) is 44.1 Å². The van der Waals surface area contributed by atoms with Gasteiger partial charge < -0.3 is 4.74 Å². The van der Waals surface area contributed by atoms with Crippen molar-refractivity contribution in [3.63, 3.8) is 0 Å². The molecule has 0 radical (unpaired) electrons. The summed E-state index contributed by atoms with van der Waals surface area (Å²) in [5.74, 6) is 0.120. The van der Waals surface area contributed by atoms with Crippen LogP contribution < -0.4 is 0 Å². The molecule has 18 heavy (non-hydrogen) atoms. The third-order valence-electron chi connectivity index (χ3n) is 3.67. The molecule has 1 aliphatic carbocycles. The lowest BCUT2D eigenvalue weighted by molar-refractivity contribution is -0.0706. The summed E-state index contributed by atoms with van der Waals surface area (Å²) in [5, 5.41) is 4.23. The molecule has 1 aliphatic rings. The Bertz CT molecular complexity index is 433. The van der Waals surface area contributed by atoms with Crippen molar-refractivity contribution in [2.24, 2.45) is 0 Å². The minimum absolute atomic E-state index is 0.120. The first-order chi connectivity index (χ1) is 8.62. The molecule has 2 rings (SSSR count). The predicted octanol–water partition coefficient (Wildman–Crippen LogP) is 3.20. The maximum atomic E-state index is 12.4. The van der Waals surface area contributed by atoms with Crippen molar-refractivity contribution in [1.82, 2.24) is 9.78 Å². The minimum Gasteiger partial charge on any atom is -0.378 e. The number of methoxy groups -OCH3 is 1. The highest BCUT2D eigenvalue weighted by Crippen LogP contribution is 2.39. The number of carbonyl (C=O) groups excluding carboxylic acids is 1. The third kappa shape index (κ3) is 2.52. The van der Waals surface area contributed by atoms with E-state index in [2.05, 4.69) is 28.0 Å². The summed E-state index contributed by atoms with van der Waals surface area (Å²) in [6.07, 6.45) is 6.23. The predicted molar refractivity (Wildman–Crippen MR) is 72.8 cm³/mol. The van der Waals surface area contributed by atoms with E-state index < -0.39 is 0 Å². The summed E-state index contributed by atoms with van der Waals surface area (Å²) in [4.78, 5) is 12.4. The third-order valence-corrected chi connectivity index (χ3v) is 4.26. The number of hydrogen-bond acceptors (Lipinski definition) is 3. The Balaban J connectivity index is 2.15. The second-order valence-corrected chi connectivity index (χ2v) is 5.76. The standard InChI is InChI=1S/C13H19BrN2O2/c1-3-7-16-12(10(14)9-15-16)11(17)8-13(18-2)5-4-6-13/h9H,3-8H2,1-2H3. The van der Waals surface area contributed by atoms with Crippen LogP contribution in [-0.4, -0.2) is 28.3 Å². The van der Waals surface area contributed by atoms with Gasteiger partial charge in [-0.2, -0.15) is 5.10 Å². The van der Waals surface area contributed by atoms with Gasteiger partial charge in [0.2, 0.25) is 0 Å². The van der Waals surface area contributed by atoms with E-state index in [0.29, 0.717) is 12.1 Å². The SMILES string of the molecule is CCCn1ncc(Br)c1C(=O)CC1(OC)CCC1. The van der Waals surface area contributed by atoms with Crippen LogP contribution in [0.15, 0.2) is 10.7 Å². The van der Waals surface area contributed by atoms with E-state index in [0.717, 1.165) is 36.7 Å². The van der Waals surface area contributed by atoms with Crippen molar-refractivity contribution in [3.05, 3.63) is 16.4 Å². The number of hydrogen-bond donors (Lipinski definition) is 0. The molecule has 0 N–H and O–H groups in total. The molecule has 4 nitrogen and oxygen atoms in total. The summed E-state index contributed by atoms with van der Waals surface area (Å²) in [5.41, 5.74) is 0.456. The van der Waals surface area contributed by atoms with Crippen molar-refractivity contribution in [2.45, 2.75) is 51.2 Å². The second-order valence-electron chi connectivity index (χ2n) is 4.90. The first-order valence-electron chi connectivity index (χ1n) is 6.41. The highest BCUT2D eigenvalue weighted by atomic mass is 79.9. The molecular weight excluding hydrogens is 296 g/mol. The van der Waals surface area contributed by atoms with Crippen LogP contribution in [-0.2, 0) is 11.3 Å². The number of nitrogens with zero attached hydrogens (tertiary/aromatic N) is 2. The Morgan fingerprint density at radius 2 is 2.33 bits per heavy atom. The van der Waals surface area contributed by atoms with E-state index in [9.17, 15) is 4.79 Å². The highest BCUT2D eigenvalue weighted by Gasteiger charge is 2.40. The number of halogens is 1. The van der Waals surface area contributed by atoms with Crippen LogP contribution in [0.4, 0.5) is 0 Å². The largest absolute Gasteiger partial charge is 0.378 e. The molecule has 1 aromatic rings. The summed E-state index contributed by atoms with van der Waals surface area (Å²) in [7, 11) is 1.70. The van der Waals surface area contributed by atoms with Gasteiger partial charge in [0, 0.05) is 20.1 Å². The molecule has 1 fully saturated rings. The molecule has 0 bridgehead atoms. The van der Waals surface area contributed by atoms with Gasteiger partial charge in [-0.15, -0.1) is 0 Å². The zero-order valence-electron chi connectivity index (χ0n) is 10.9. The molecule has 0 aromatic carbocycles. The highest BCUT2D eigenvalue weighted by molar-refractivity contribution is 9.10. The van der Waals surface area contributed by atoms with Gasteiger partial charge in [-0.25, -0.2) is 0 Å². The lowest BCUT2D eigenvalue weighted by Crippen LogP contribution is -2.41. The summed E-state index contributed by atoms with van der Waals surface area (Å²) >= 11 is 3.41. The first-order valence-corrected chi connectivity index (χ1v) is 7.21. The van der Waals surface area contributed by atoms with Gasteiger partial charge in [0.15, 0.2) is 5.78 Å². The van der Waals surface area contributed by atoms with E-state index in [1.54, 1.807) is 18.0 Å². The number of aromatic nitrogens is 2. The Kier molecular flexibility index (Phi) is 4.22. The van der Waals surface area contributed by atoms with Crippen LogP contribution in [0, 0.1) is 0 Å². The van der Waals surface area contributed by atoms with Gasteiger partial charge in [-0.1, -0.05) is 6.92 Å². The Labute approximate surface area is 116 Å². The quantitative estimate of drug-likeness (QED) is 0.757. The smallest absolute Gasteiger partial charge is 0.184 e. The molecule has 0 amide bonds. The van der Waals surface area contributed by atoms with E-state index >= 15 is 0 Å². The Morgan fingerprint density at radius 3 is 2.83 bits per heavy atom. The summed E-state index contributed by atoms with van der Waals surface area (Å²) in [6.45, 7) is 2.85. The van der Waals surface area contributed by atoms with Crippen LogP contribution in [0.1, 0.15) is 49.5 Å². The minimum atomic E-state index is -0.224. The average molecular weight is 315 g/mol. The number of aryl methyl sites for hydroxylation is 1. The zero-order valence-corrected chi connectivity index (χ0v) is 12.5. The summed E-state index contributed by atoms with van der Waals surface area (Å²) < 4.78 is 8.09. The van der Waals surface area contributed by atoms with Crippen LogP contribution >= 0.6 is 15.9 Å². The van der Waals surface area contributed by atoms with Crippen molar-refractivity contribution in [1.29, 1.82) is 0 Å². The molecule has 1 heterocycles. The fourth-order valence-electron chi connectivity index (χ4n) is 2.42. The Hall–Kier alpha value is -0.680. The Morgan fingerprint density at radius 1 is 1.61 bits per heavy atom. The maximum Gasteiger partial charge on any atom is 0.184 e. The second kappa shape index (κ2) is 5.53. The number of carbonyl (C=O) groups is 1. The van der Waals surface area contributed by atoms with E-state index in [-0.39, 0.29) is 11.4 Å². The zero-order chi connectivity index (χ0) is 13.2. The molecule has 0 saturated heterocycles. The van der Waals surface area contributed by atoms with Crippen LogP contribution in [0.2, 0.25) is 0 Å². The molecule has 5 heteroatoms. The lowest BCUT2D eigenvalue weighted by Gasteiger charge is -2.40. The molecule has 1 aromatic heterocycles. The number of ketones is 1. The van der Waals surface area contributed by atoms with Crippen LogP contribution in [0.3, 0.4) is 0 Å². The normalized spacial score (nSPS) is 17.5. The average Bonchev–Trinajstić information content (AvgIpc) is 2.66. The monoisotopic (exact) mass is 314 g/mol. The molecule has 0 aliphatic heterocycles. The van der Waals surface area contributed by atoms with Crippen molar-refractivity contribution >= 4 is 21.7 Å². The maximum absolute atomic E-state index is 12.4. The lowest BCUT2D eigenvalue weighted by atomic mass is 9.76. The van der Waals surface area contributed by atoms with Gasteiger partial charge in [0.1, 0.15) is 5.69 Å². The number of ether oxygens (including phenoxy) is 1. The molecule has 0 spiro atoms. The van der Waals surface area contributed by atoms with Crippen molar-refractivity contribution in [3.8, 4) is 0 Å². The molecule has 0 atom stereocenters. The van der Waals surface area contributed by atoms with E-state index in [4.69, 9.17) is 4.74 Å².